The lowest BCUT2D eigenvalue weighted by molar-refractivity contribution is -0.140. The van der Waals surface area contributed by atoms with Crippen molar-refractivity contribution in [1.29, 1.82) is 0 Å². The molecule has 1 amide bonds. The fraction of sp³-hybridized carbons (Fsp3) is 0.267. The Morgan fingerprint density at radius 1 is 0.925 bits per heavy atom. The molecule has 40 heavy (non-hydrogen) atoms. The molecule has 2 atom stereocenters. The molecule has 0 unspecified atom stereocenters. The summed E-state index contributed by atoms with van der Waals surface area (Å²) in [4.78, 5) is 24.4. The van der Waals surface area contributed by atoms with Crippen LogP contribution in [-0.4, -0.2) is 38.6 Å². The standard InChI is InChI=1S/C30H32N2O7S/c1-17(2)27(30(34)35)32-40(36,37)23-15-11-21(12-16-23)20-9-13-22(14-10-20)31-29(33)28-18(3)26-24(19(4)38-5)7-6-8-25(26)39-28/h6-17,19,27,32H,1-5H3,(H,31,33)(H,34,35)/t19-,27+/m1/s1. The zero-order chi connectivity index (χ0) is 29.2. The number of carbonyl (C=O) groups excluding carboxylic acids is 1. The van der Waals surface area contributed by atoms with Gasteiger partial charge in [0.05, 0.1) is 11.0 Å². The van der Waals surface area contributed by atoms with Gasteiger partial charge in [-0.25, -0.2) is 8.42 Å². The number of benzene rings is 3. The highest BCUT2D eigenvalue weighted by Gasteiger charge is 2.28. The average Bonchev–Trinajstić information content (AvgIpc) is 3.28. The lowest BCUT2D eigenvalue weighted by Crippen LogP contribution is -2.44. The van der Waals surface area contributed by atoms with Gasteiger partial charge in [0.2, 0.25) is 10.0 Å². The maximum atomic E-state index is 13.1. The first-order chi connectivity index (χ1) is 18.9. The summed E-state index contributed by atoms with van der Waals surface area (Å²) in [6, 6.07) is 17.7. The van der Waals surface area contributed by atoms with Crippen molar-refractivity contribution >= 4 is 38.6 Å². The van der Waals surface area contributed by atoms with Gasteiger partial charge in [0.15, 0.2) is 5.76 Å². The van der Waals surface area contributed by atoms with Crippen molar-refractivity contribution in [2.45, 2.75) is 44.7 Å². The number of carboxylic acids is 1. The first-order valence-corrected chi connectivity index (χ1v) is 14.2. The Hall–Kier alpha value is -3.99. The molecule has 10 heteroatoms. The summed E-state index contributed by atoms with van der Waals surface area (Å²) in [6.07, 6.45) is -0.157. The summed E-state index contributed by atoms with van der Waals surface area (Å²) in [6.45, 7) is 7.05. The van der Waals surface area contributed by atoms with Gasteiger partial charge in [0.1, 0.15) is 11.6 Å². The predicted octanol–water partition coefficient (Wildman–Crippen LogP) is 5.76. The van der Waals surface area contributed by atoms with Crippen LogP contribution < -0.4 is 10.0 Å². The fourth-order valence-corrected chi connectivity index (χ4v) is 5.82. The Balaban J connectivity index is 1.49. The van der Waals surface area contributed by atoms with Crippen LogP contribution in [0.5, 0.6) is 0 Å². The van der Waals surface area contributed by atoms with Crippen LogP contribution in [0, 0.1) is 12.8 Å². The van der Waals surface area contributed by atoms with Crippen LogP contribution in [-0.2, 0) is 19.6 Å². The summed E-state index contributed by atoms with van der Waals surface area (Å²) in [5.41, 5.74) is 4.41. The number of fused-ring (bicyclic) bond motifs is 1. The first-order valence-electron chi connectivity index (χ1n) is 12.7. The highest BCUT2D eigenvalue weighted by Crippen LogP contribution is 2.33. The minimum Gasteiger partial charge on any atom is -0.480 e. The van der Waals surface area contributed by atoms with Gasteiger partial charge in [-0.1, -0.05) is 50.2 Å². The van der Waals surface area contributed by atoms with Crippen LogP contribution in [0.2, 0.25) is 0 Å². The number of carbonyl (C=O) groups is 2. The Morgan fingerprint density at radius 3 is 2.08 bits per heavy atom. The van der Waals surface area contributed by atoms with Crippen LogP contribution in [0.25, 0.3) is 22.1 Å². The van der Waals surface area contributed by atoms with Crippen LogP contribution in [0.4, 0.5) is 5.69 Å². The minimum atomic E-state index is -4.01. The number of hydrogen-bond acceptors (Lipinski definition) is 6. The van der Waals surface area contributed by atoms with Crippen molar-refractivity contribution in [1.82, 2.24) is 4.72 Å². The van der Waals surface area contributed by atoms with Crippen LogP contribution >= 0.6 is 0 Å². The number of amides is 1. The van der Waals surface area contributed by atoms with Gasteiger partial charge in [-0.15, -0.1) is 0 Å². The van der Waals surface area contributed by atoms with Crippen molar-refractivity contribution in [3.63, 3.8) is 0 Å². The summed E-state index contributed by atoms with van der Waals surface area (Å²) in [5, 5.41) is 13.0. The molecule has 3 N–H and O–H groups in total. The number of anilines is 1. The third kappa shape index (κ3) is 5.94. The van der Waals surface area contributed by atoms with E-state index in [4.69, 9.17) is 9.15 Å². The second kappa shape index (κ2) is 11.6. The molecule has 0 radical (unpaired) electrons. The van der Waals surface area contributed by atoms with Crippen molar-refractivity contribution < 1.29 is 32.3 Å². The Bertz CT molecular complexity index is 1640. The summed E-state index contributed by atoms with van der Waals surface area (Å²) < 4.78 is 39.0. The average molecular weight is 565 g/mol. The molecular formula is C30H32N2O7S. The second-order valence-electron chi connectivity index (χ2n) is 9.89. The van der Waals surface area contributed by atoms with E-state index >= 15 is 0 Å². The van der Waals surface area contributed by atoms with E-state index in [-0.39, 0.29) is 22.7 Å². The molecule has 4 rings (SSSR count). The van der Waals surface area contributed by atoms with Crippen LogP contribution in [0.15, 0.2) is 76.0 Å². The topological polar surface area (TPSA) is 135 Å². The van der Waals surface area contributed by atoms with E-state index in [2.05, 4.69) is 10.0 Å². The molecule has 1 heterocycles. The first kappa shape index (κ1) is 29.0. The largest absolute Gasteiger partial charge is 0.480 e. The number of aryl methyl sites for hydroxylation is 1. The number of ether oxygens (including phenoxy) is 1. The van der Waals surface area contributed by atoms with Gasteiger partial charge >= 0.3 is 5.97 Å². The van der Waals surface area contributed by atoms with Crippen molar-refractivity contribution in [3.05, 3.63) is 83.6 Å². The third-order valence-electron chi connectivity index (χ3n) is 6.84. The molecule has 4 aromatic rings. The number of furan rings is 1. The van der Waals surface area contributed by atoms with E-state index in [0.717, 1.165) is 27.6 Å². The molecule has 0 saturated carbocycles. The Kier molecular flexibility index (Phi) is 8.43. The van der Waals surface area contributed by atoms with Crippen LogP contribution in [0.1, 0.15) is 48.6 Å². The van der Waals surface area contributed by atoms with E-state index in [0.29, 0.717) is 11.3 Å². The highest BCUT2D eigenvalue weighted by atomic mass is 32.2. The molecule has 0 aliphatic carbocycles. The maximum Gasteiger partial charge on any atom is 0.322 e. The number of methoxy groups -OCH3 is 1. The number of nitrogens with one attached hydrogen (secondary N) is 2. The molecule has 3 aromatic carbocycles. The lowest BCUT2D eigenvalue weighted by Gasteiger charge is -2.18. The van der Waals surface area contributed by atoms with E-state index in [1.54, 1.807) is 57.4 Å². The van der Waals surface area contributed by atoms with Gasteiger partial charge in [-0.05, 0) is 66.8 Å². The monoisotopic (exact) mass is 564 g/mol. The molecule has 0 fully saturated rings. The molecule has 0 bridgehead atoms. The van der Waals surface area contributed by atoms with Crippen molar-refractivity contribution in [3.8, 4) is 11.1 Å². The quantitative estimate of drug-likeness (QED) is 0.223. The van der Waals surface area contributed by atoms with E-state index in [1.807, 2.05) is 32.0 Å². The molecule has 0 saturated heterocycles. The second-order valence-corrected chi connectivity index (χ2v) is 11.6. The number of carboxylic acid groups (broad SMARTS) is 1. The lowest BCUT2D eigenvalue weighted by atomic mass is 10.0. The van der Waals surface area contributed by atoms with E-state index in [9.17, 15) is 23.1 Å². The number of aliphatic carboxylic acids is 1. The van der Waals surface area contributed by atoms with E-state index in [1.165, 1.54) is 12.1 Å². The molecule has 0 spiro atoms. The fourth-order valence-electron chi connectivity index (χ4n) is 4.48. The summed E-state index contributed by atoms with van der Waals surface area (Å²) in [5.74, 6) is -1.80. The summed E-state index contributed by atoms with van der Waals surface area (Å²) >= 11 is 0. The number of hydrogen-bond donors (Lipinski definition) is 3. The number of rotatable bonds is 10. The summed E-state index contributed by atoms with van der Waals surface area (Å²) in [7, 11) is -2.38. The van der Waals surface area contributed by atoms with Crippen molar-refractivity contribution in [2.75, 3.05) is 12.4 Å². The smallest absolute Gasteiger partial charge is 0.322 e. The van der Waals surface area contributed by atoms with Gasteiger partial charge in [0, 0.05) is 23.7 Å². The van der Waals surface area contributed by atoms with Gasteiger partial charge < -0.3 is 19.6 Å². The SMILES string of the molecule is CO[C@H](C)c1cccc2oc(C(=O)Nc3ccc(-c4ccc(S(=O)(=O)N[C@H](C(=O)O)C(C)C)cc4)cc3)c(C)c12. The molecular weight excluding hydrogens is 532 g/mol. The maximum absolute atomic E-state index is 13.1. The number of sulfonamides is 1. The molecule has 0 aliphatic rings. The molecule has 9 nitrogen and oxygen atoms in total. The third-order valence-corrected chi connectivity index (χ3v) is 8.30. The van der Waals surface area contributed by atoms with Gasteiger partial charge in [-0.2, -0.15) is 4.72 Å². The molecule has 0 aliphatic heterocycles. The van der Waals surface area contributed by atoms with E-state index < -0.39 is 28.0 Å². The molecule has 1 aromatic heterocycles. The minimum absolute atomic E-state index is 0.0312. The normalized spacial score (nSPS) is 13.3. The van der Waals surface area contributed by atoms with Gasteiger partial charge in [0.25, 0.3) is 5.91 Å². The van der Waals surface area contributed by atoms with Gasteiger partial charge in [-0.3, -0.25) is 9.59 Å². The highest BCUT2D eigenvalue weighted by molar-refractivity contribution is 7.89. The zero-order valence-corrected chi connectivity index (χ0v) is 23.7. The zero-order valence-electron chi connectivity index (χ0n) is 22.9. The predicted molar refractivity (Wildman–Crippen MR) is 153 cm³/mol. The Morgan fingerprint density at radius 2 is 1.52 bits per heavy atom. The van der Waals surface area contributed by atoms with Crippen molar-refractivity contribution in [2.24, 2.45) is 5.92 Å². The Labute approximate surface area is 233 Å². The molecule has 210 valence electrons. The van der Waals surface area contributed by atoms with Crippen LogP contribution in [0.3, 0.4) is 0 Å².